The van der Waals surface area contributed by atoms with E-state index in [9.17, 15) is 9.59 Å². The molecule has 7 heteroatoms. The number of thiazole rings is 1. The zero-order chi connectivity index (χ0) is 16.8. The second-order valence-electron chi connectivity index (χ2n) is 5.35. The molecule has 0 radical (unpaired) electrons. The lowest BCUT2D eigenvalue weighted by Crippen LogP contribution is -2.16. The summed E-state index contributed by atoms with van der Waals surface area (Å²) in [7, 11) is 0. The molecule has 2 aromatic rings. The molecule has 0 aliphatic carbocycles. The van der Waals surface area contributed by atoms with Gasteiger partial charge in [-0.15, -0.1) is 11.3 Å². The van der Waals surface area contributed by atoms with Gasteiger partial charge in [-0.2, -0.15) is 0 Å². The molecule has 0 aliphatic heterocycles. The molecule has 3 N–H and O–H groups in total. The average Bonchev–Trinajstić information content (AvgIpc) is 2.97. The van der Waals surface area contributed by atoms with E-state index < -0.39 is 12.5 Å². The van der Waals surface area contributed by atoms with E-state index in [1.165, 1.54) is 11.3 Å². The fraction of sp³-hybridized carbons (Fsp3) is 0.312. The van der Waals surface area contributed by atoms with Crippen LogP contribution in [0.5, 0.6) is 0 Å². The van der Waals surface area contributed by atoms with Gasteiger partial charge in [-0.05, 0) is 23.6 Å². The molecule has 6 nitrogen and oxygen atoms in total. The molecular weight excluding hydrogens is 314 g/mol. The summed E-state index contributed by atoms with van der Waals surface area (Å²) in [5.74, 6) is -0.221. The molecule has 23 heavy (non-hydrogen) atoms. The van der Waals surface area contributed by atoms with Crippen LogP contribution < -0.4 is 10.6 Å². The highest BCUT2D eigenvalue weighted by atomic mass is 32.1. The van der Waals surface area contributed by atoms with Gasteiger partial charge in [0.2, 0.25) is 11.8 Å². The number of carbonyl (C=O) groups excluding carboxylic acids is 2. The van der Waals surface area contributed by atoms with Crippen LogP contribution in [-0.2, 0) is 16.0 Å². The summed E-state index contributed by atoms with van der Waals surface area (Å²) >= 11 is 1.48. The number of nitrogens with one attached hydrogen (secondary N) is 2. The number of aliphatic hydroxyl groups excluding tert-OH is 1. The lowest BCUT2D eigenvalue weighted by Gasteiger charge is -2.05. The third-order valence-electron chi connectivity index (χ3n) is 3.08. The van der Waals surface area contributed by atoms with Gasteiger partial charge < -0.3 is 15.7 Å². The highest BCUT2D eigenvalue weighted by molar-refractivity contribution is 7.15. The molecule has 1 aromatic heterocycles. The van der Waals surface area contributed by atoms with Gasteiger partial charge in [0.1, 0.15) is 6.61 Å². The highest BCUT2D eigenvalue weighted by Crippen LogP contribution is 2.25. The van der Waals surface area contributed by atoms with Crippen LogP contribution in [0.1, 0.15) is 30.2 Å². The Morgan fingerprint density at radius 3 is 2.43 bits per heavy atom. The van der Waals surface area contributed by atoms with Crippen molar-refractivity contribution in [3.63, 3.8) is 0 Å². The maximum atomic E-state index is 12.0. The van der Waals surface area contributed by atoms with Crippen molar-refractivity contribution in [2.24, 2.45) is 0 Å². The largest absolute Gasteiger partial charge is 0.387 e. The summed E-state index contributed by atoms with van der Waals surface area (Å²) in [6.07, 6.45) is 2.01. The lowest BCUT2D eigenvalue weighted by molar-refractivity contribution is -0.118. The van der Waals surface area contributed by atoms with Gasteiger partial charge in [-0.1, -0.05) is 26.0 Å². The Balaban J connectivity index is 1.90. The molecule has 0 aliphatic rings. The van der Waals surface area contributed by atoms with E-state index in [1.807, 2.05) is 0 Å². The second-order valence-corrected chi connectivity index (χ2v) is 6.41. The number of nitrogens with zero attached hydrogens (tertiary/aromatic N) is 1. The lowest BCUT2D eigenvalue weighted by atomic mass is 10.1. The number of aromatic nitrogens is 1. The van der Waals surface area contributed by atoms with E-state index in [4.69, 9.17) is 5.11 Å². The average molecular weight is 333 g/mol. The monoisotopic (exact) mass is 333 g/mol. The number of benzene rings is 1. The SMILES string of the molecule is CC(C)c1cnc(NC(=O)Cc2ccc(NC(=O)CO)cc2)s1. The second kappa shape index (κ2) is 7.85. The molecule has 0 fully saturated rings. The molecule has 1 heterocycles. The minimum Gasteiger partial charge on any atom is -0.387 e. The summed E-state index contributed by atoms with van der Waals surface area (Å²) in [6.45, 7) is 3.60. The molecule has 0 spiro atoms. The quantitative estimate of drug-likeness (QED) is 0.757. The van der Waals surface area contributed by atoms with Crippen LogP contribution in [0, 0.1) is 0 Å². The van der Waals surface area contributed by atoms with Crippen LogP contribution in [0.3, 0.4) is 0 Å². The van der Waals surface area contributed by atoms with Crippen molar-refractivity contribution in [2.45, 2.75) is 26.2 Å². The predicted molar refractivity (Wildman–Crippen MR) is 90.7 cm³/mol. The minimum absolute atomic E-state index is 0.137. The van der Waals surface area contributed by atoms with Gasteiger partial charge in [-0.25, -0.2) is 4.98 Å². The van der Waals surface area contributed by atoms with Crippen molar-refractivity contribution in [1.29, 1.82) is 0 Å². The Kier molecular flexibility index (Phi) is 5.84. The van der Waals surface area contributed by atoms with Gasteiger partial charge in [0, 0.05) is 16.8 Å². The highest BCUT2D eigenvalue weighted by Gasteiger charge is 2.09. The molecule has 1 aromatic carbocycles. The number of carbonyl (C=O) groups is 2. The Morgan fingerprint density at radius 1 is 1.17 bits per heavy atom. The fourth-order valence-corrected chi connectivity index (χ4v) is 2.70. The fourth-order valence-electron chi connectivity index (χ4n) is 1.87. The van der Waals surface area contributed by atoms with E-state index in [-0.39, 0.29) is 12.3 Å². The van der Waals surface area contributed by atoms with E-state index in [0.717, 1.165) is 10.4 Å². The molecule has 2 amide bonds. The molecule has 0 atom stereocenters. The van der Waals surface area contributed by atoms with E-state index in [1.54, 1.807) is 30.5 Å². The maximum Gasteiger partial charge on any atom is 0.250 e. The van der Waals surface area contributed by atoms with Crippen LogP contribution in [0.4, 0.5) is 10.8 Å². The van der Waals surface area contributed by atoms with Crippen molar-refractivity contribution in [3.8, 4) is 0 Å². The van der Waals surface area contributed by atoms with Crippen molar-refractivity contribution < 1.29 is 14.7 Å². The van der Waals surface area contributed by atoms with Gasteiger partial charge >= 0.3 is 0 Å². The third-order valence-corrected chi connectivity index (χ3v) is 4.30. The normalized spacial score (nSPS) is 10.6. The summed E-state index contributed by atoms with van der Waals surface area (Å²) < 4.78 is 0. The van der Waals surface area contributed by atoms with Gasteiger partial charge in [0.15, 0.2) is 5.13 Å². The van der Waals surface area contributed by atoms with Crippen molar-refractivity contribution >= 4 is 34.0 Å². The molecule has 0 saturated heterocycles. The topological polar surface area (TPSA) is 91.3 Å². The Hall–Kier alpha value is -2.25. The number of hydrogen-bond donors (Lipinski definition) is 3. The third kappa shape index (κ3) is 5.15. The van der Waals surface area contributed by atoms with Crippen molar-refractivity contribution in [1.82, 2.24) is 4.98 Å². The van der Waals surface area contributed by atoms with Crippen LogP contribution in [-0.4, -0.2) is 28.5 Å². The van der Waals surface area contributed by atoms with E-state index in [0.29, 0.717) is 16.7 Å². The summed E-state index contributed by atoms with van der Waals surface area (Å²) in [4.78, 5) is 28.4. The maximum absolute atomic E-state index is 12.0. The first-order valence-electron chi connectivity index (χ1n) is 7.23. The number of anilines is 2. The standard InChI is InChI=1S/C16H19N3O3S/c1-10(2)13-8-17-16(23-13)19-14(21)7-11-3-5-12(6-4-11)18-15(22)9-20/h3-6,8,10,20H,7,9H2,1-2H3,(H,18,22)(H,17,19,21). The zero-order valence-electron chi connectivity index (χ0n) is 13.0. The van der Waals surface area contributed by atoms with Crippen LogP contribution in [0.15, 0.2) is 30.5 Å². The number of amides is 2. The molecule has 2 rings (SSSR count). The first kappa shape index (κ1) is 17.1. The van der Waals surface area contributed by atoms with Crippen LogP contribution in [0.25, 0.3) is 0 Å². The van der Waals surface area contributed by atoms with Crippen LogP contribution in [0.2, 0.25) is 0 Å². The first-order chi connectivity index (χ1) is 11.0. The molecular formula is C16H19N3O3S. The number of aliphatic hydroxyl groups is 1. The number of rotatable bonds is 6. The minimum atomic E-state index is -0.559. The smallest absolute Gasteiger partial charge is 0.250 e. The summed E-state index contributed by atoms with van der Waals surface area (Å²) in [5.41, 5.74) is 1.40. The Labute approximate surface area is 138 Å². The molecule has 0 saturated carbocycles. The number of hydrogen-bond acceptors (Lipinski definition) is 5. The van der Waals surface area contributed by atoms with Crippen LogP contribution >= 0.6 is 11.3 Å². The van der Waals surface area contributed by atoms with E-state index in [2.05, 4.69) is 29.5 Å². The summed E-state index contributed by atoms with van der Waals surface area (Å²) in [5, 5.41) is 14.6. The Bertz CT molecular complexity index is 680. The summed E-state index contributed by atoms with van der Waals surface area (Å²) in [6, 6.07) is 6.90. The Morgan fingerprint density at radius 2 is 1.87 bits per heavy atom. The van der Waals surface area contributed by atoms with Gasteiger partial charge in [-0.3, -0.25) is 9.59 Å². The van der Waals surface area contributed by atoms with Crippen molar-refractivity contribution in [2.75, 3.05) is 17.2 Å². The van der Waals surface area contributed by atoms with Crippen molar-refractivity contribution in [3.05, 3.63) is 40.9 Å². The van der Waals surface area contributed by atoms with E-state index >= 15 is 0 Å². The predicted octanol–water partition coefficient (Wildman–Crippen LogP) is 2.38. The zero-order valence-corrected chi connectivity index (χ0v) is 13.8. The first-order valence-corrected chi connectivity index (χ1v) is 8.05. The molecule has 0 bridgehead atoms. The van der Waals surface area contributed by atoms with Gasteiger partial charge in [0.05, 0.1) is 6.42 Å². The van der Waals surface area contributed by atoms with Gasteiger partial charge in [0.25, 0.3) is 0 Å². The molecule has 122 valence electrons. The molecule has 0 unspecified atom stereocenters.